The fourth-order valence-corrected chi connectivity index (χ4v) is 1.10. The zero-order valence-corrected chi connectivity index (χ0v) is 10.7. The molecule has 5 heteroatoms. The first-order valence-electron chi connectivity index (χ1n) is 5.22. The molecule has 0 spiro atoms. The molecule has 1 atom stereocenters. The molecule has 0 aromatic heterocycles. The maximum Gasteiger partial charge on any atom is 0.224 e. The van der Waals surface area contributed by atoms with Crippen molar-refractivity contribution in [3.63, 3.8) is 0 Å². The number of carbonyl (C=O) groups excluding carboxylic acids is 1. The summed E-state index contributed by atoms with van der Waals surface area (Å²) < 4.78 is 5.16. The molecular weight excluding hydrogens is 216 g/mol. The maximum absolute atomic E-state index is 11.4. The van der Waals surface area contributed by atoms with Crippen molar-refractivity contribution in [2.75, 3.05) is 33.4 Å². The van der Waals surface area contributed by atoms with E-state index in [1.807, 2.05) is 20.9 Å². The lowest BCUT2D eigenvalue weighted by Gasteiger charge is -2.11. The molecule has 0 fully saturated rings. The van der Waals surface area contributed by atoms with Gasteiger partial charge in [0.2, 0.25) is 5.91 Å². The lowest BCUT2D eigenvalue weighted by atomic mass is 10.1. The molecule has 4 nitrogen and oxygen atoms in total. The van der Waals surface area contributed by atoms with Gasteiger partial charge in [-0.05, 0) is 20.4 Å². The second-order valence-electron chi connectivity index (χ2n) is 3.30. The van der Waals surface area contributed by atoms with Crippen LogP contribution in [0.3, 0.4) is 0 Å². The Balaban J connectivity index is 0. The molecule has 0 bridgehead atoms. The average molecular weight is 239 g/mol. The fourth-order valence-electron chi connectivity index (χ4n) is 1.10. The van der Waals surface area contributed by atoms with Gasteiger partial charge in [-0.15, -0.1) is 12.4 Å². The number of halogens is 1. The van der Waals surface area contributed by atoms with Crippen molar-refractivity contribution in [2.45, 2.75) is 20.3 Å². The van der Waals surface area contributed by atoms with Gasteiger partial charge in [0.15, 0.2) is 0 Å². The highest BCUT2D eigenvalue weighted by molar-refractivity contribution is 5.85. The summed E-state index contributed by atoms with van der Waals surface area (Å²) in [6.07, 6.45) is 0.881. The van der Waals surface area contributed by atoms with Crippen LogP contribution in [0.15, 0.2) is 0 Å². The van der Waals surface area contributed by atoms with Crippen molar-refractivity contribution in [2.24, 2.45) is 5.92 Å². The minimum absolute atomic E-state index is 0. The second-order valence-corrected chi connectivity index (χ2v) is 3.30. The Morgan fingerprint density at radius 2 is 2.13 bits per heavy atom. The first kappa shape index (κ1) is 17.1. The SMILES string of the molecule is CCOCCCNC(=O)C(C)CNC.Cl. The van der Waals surface area contributed by atoms with Gasteiger partial charge >= 0.3 is 0 Å². The van der Waals surface area contributed by atoms with Crippen LogP contribution in [0.25, 0.3) is 0 Å². The normalized spacial score (nSPS) is 11.7. The zero-order chi connectivity index (χ0) is 10.8. The maximum atomic E-state index is 11.4. The summed E-state index contributed by atoms with van der Waals surface area (Å²) >= 11 is 0. The Morgan fingerprint density at radius 3 is 2.67 bits per heavy atom. The van der Waals surface area contributed by atoms with Crippen molar-refractivity contribution in [3.8, 4) is 0 Å². The minimum atomic E-state index is 0. The van der Waals surface area contributed by atoms with Gasteiger partial charge in [0.05, 0.1) is 0 Å². The molecular formula is C10H23ClN2O2. The van der Waals surface area contributed by atoms with E-state index in [0.29, 0.717) is 6.54 Å². The Kier molecular flexibility index (Phi) is 13.4. The molecule has 0 rings (SSSR count). The highest BCUT2D eigenvalue weighted by atomic mass is 35.5. The standard InChI is InChI=1S/C10H22N2O2.ClH/c1-4-14-7-5-6-12-10(13)9(2)8-11-3;/h9,11H,4-8H2,1-3H3,(H,12,13);1H. The van der Waals surface area contributed by atoms with Crippen LogP contribution in [0.4, 0.5) is 0 Å². The van der Waals surface area contributed by atoms with E-state index in [1.54, 1.807) is 0 Å². The number of ether oxygens (including phenoxy) is 1. The third-order valence-corrected chi connectivity index (χ3v) is 1.93. The van der Waals surface area contributed by atoms with E-state index in [4.69, 9.17) is 4.74 Å². The summed E-state index contributed by atoms with van der Waals surface area (Å²) in [4.78, 5) is 11.4. The molecule has 0 aliphatic heterocycles. The van der Waals surface area contributed by atoms with Crippen molar-refractivity contribution in [1.82, 2.24) is 10.6 Å². The smallest absolute Gasteiger partial charge is 0.224 e. The van der Waals surface area contributed by atoms with Gasteiger partial charge in [0.1, 0.15) is 0 Å². The molecule has 0 saturated carbocycles. The summed E-state index contributed by atoms with van der Waals surface area (Å²) in [5.41, 5.74) is 0. The largest absolute Gasteiger partial charge is 0.382 e. The van der Waals surface area contributed by atoms with Gasteiger partial charge in [0.25, 0.3) is 0 Å². The van der Waals surface area contributed by atoms with Gasteiger partial charge in [-0.2, -0.15) is 0 Å². The van der Waals surface area contributed by atoms with E-state index in [9.17, 15) is 4.79 Å². The summed E-state index contributed by atoms with van der Waals surface area (Å²) in [6, 6.07) is 0. The molecule has 0 aromatic carbocycles. The lowest BCUT2D eigenvalue weighted by molar-refractivity contribution is -0.124. The molecule has 92 valence electrons. The highest BCUT2D eigenvalue weighted by Gasteiger charge is 2.09. The highest BCUT2D eigenvalue weighted by Crippen LogP contribution is 1.91. The lowest BCUT2D eigenvalue weighted by Crippen LogP contribution is -2.35. The van der Waals surface area contributed by atoms with Crippen molar-refractivity contribution in [3.05, 3.63) is 0 Å². The van der Waals surface area contributed by atoms with E-state index in [2.05, 4.69) is 10.6 Å². The van der Waals surface area contributed by atoms with E-state index in [0.717, 1.165) is 26.2 Å². The van der Waals surface area contributed by atoms with Gasteiger partial charge in [-0.1, -0.05) is 6.92 Å². The Labute approximate surface area is 98.6 Å². The topological polar surface area (TPSA) is 50.4 Å². The molecule has 2 N–H and O–H groups in total. The third kappa shape index (κ3) is 9.97. The summed E-state index contributed by atoms with van der Waals surface area (Å²) in [6.45, 7) is 6.76. The number of amides is 1. The molecule has 1 amide bonds. The third-order valence-electron chi connectivity index (χ3n) is 1.93. The van der Waals surface area contributed by atoms with E-state index < -0.39 is 0 Å². The van der Waals surface area contributed by atoms with Crippen LogP contribution in [0.2, 0.25) is 0 Å². The van der Waals surface area contributed by atoms with Gasteiger partial charge in [0, 0.05) is 32.2 Å². The van der Waals surface area contributed by atoms with E-state index >= 15 is 0 Å². The molecule has 0 aliphatic carbocycles. The molecule has 0 aromatic rings. The van der Waals surface area contributed by atoms with Crippen LogP contribution in [-0.2, 0) is 9.53 Å². The molecule has 15 heavy (non-hydrogen) atoms. The van der Waals surface area contributed by atoms with Gasteiger partial charge < -0.3 is 15.4 Å². The van der Waals surface area contributed by atoms with Crippen LogP contribution in [0.1, 0.15) is 20.3 Å². The van der Waals surface area contributed by atoms with Gasteiger partial charge in [-0.3, -0.25) is 4.79 Å². The second kappa shape index (κ2) is 11.8. The Hall–Kier alpha value is -0.320. The molecule has 0 heterocycles. The van der Waals surface area contributed by atoms with E-state index in [1.165, 1.54) is 0 Å². The zero-order valence-electron chi connectivity index (χ0n) is 9.84. The number of hydrogen-bond acceptors (Lipinski definition) is 3. The summed E-state index contributed by atoms with van der Waals surface area (Å²) in [7, 11) is 1.85. The first-order valence-corrected chi connectivity index (χ1v) is 5.22. The summed E-state index contributed by atoms with van der Waals surface area (Å²) in [5, 5.41) is 5.84. The van der Waals surface area contributed by atoms with Gasteiger partial charge in [-0.25, -0.2) is 0 Å². The van der Waals surface area contributed by atoms with Crippen LogP contribution >= 0.6 is 12.4 Å². The summed E-state index contributed by atoms with van der Waals surface area (Å²) in [5.74, 6) is 0.142. The minimum Gasteiger partial charge on any atom is -0.382 e. The van der Waals surface area contributed by atoms with E-state index in [-0.39, 0.29) is 24.2 Å². The number of carbonyl (C=O) groups is 1. The predicted octanol–water partition coefficient (Wildman–Crippen LogP) is 0.807. The van der Waals surface area contributed by atoms with Crippen molar-refractivity contribution >= 4 is 18.3 Å². The number of rotatable bonds is 8. The number of hydrogen-bond donors (Lipinski definition) is 2. The Bertz CT molecular complexity index is 156. The average Bonchev–Trinajstić information content (AvgIpc) is 2.17. The molecule has 1 unspecified atom stereocenters. The molecule has 0 saturated heterocycles. The number of nitrogens with one attached hydrogen (secondary N) is 2. The molecule has 0 radical (unpaired) electrons. The van der Waals surface area contributed by atoms with Crippen molar-refractivity contribution < 1.29 is 9.53 Å². The predicted molar refractivity (Wildman–Crippen MR) is 64.5 cm³/mol. The first-order chi connectivity index (χ1) is 6.72. The molecule has 0 aliphatic rings. The monoisotopic (exact) mass is 238 g/mol. The van der Waals surface area contributed by atoms with Crippen LogP contribution in [0.5, 0.6) is 0 Å². The van der Waals surface area contributed by atoms with Crippen LogP contribution in [-0.4, -0.2) is 39.3 Å². The van der Waals surface area contributed by atoms with Crippen molar-refractivity contribution in [1.29, 1.82) is 0 Å². The fraction of sp³-hybridized carbons (Fsp3) is 0.900. The van der Waals surface area contributed by atoms with Crippen LogP contribution in [0, 0.1) is 5.92 Å². The Morgan fingerprint density at radius 1 is 1.47 bits per heavy atom. The quantitative estimate of drug-likeness (QED) is 0.616. The van der Waals surface area contributed by atoms with Crippen LogP contribution < -0.4 is 10.6 Å².